The van der Waals surface area contributed by atoms with Gasteiger partial charge < -0.3 is 5.32 Å². The van der Waals surface area contributed by atoms with Gasteiger partial charge in [0, 0.05) is 12.5 Å². The second-order valence-corrected chi connectivity index (χ2v) is 3.92. The first-order valence-electron chi connectivity index (χ1n) is 3.19. The predicted octanol–water partition coefficient (Wildman–Crippen LogP) is -0.436. The number of halogens is 1. The van der Waals surface area contributed by atoms with Crippen molar-refractivity contribution < 1.29 is 17.1 Å². The normalized spacial score (nSPS) is 25.2. The Balaban J connectivity index is 2.47. The minimum atomic E-state index is -4.45. The monoisotopic (exact) mass is 181 g/mol. The van der Waals surface area contributed by atoms with E-state index in [1.165, 1.54) is 0 Å². The second kappa shape index (κ2) is 2.77. The lowest BCUT2D eigenvalue weighted by Gasteiger charge is -2.04. The average molecular weight is 181 g/mol. The number of amides is 1. The summed E-state index contributed by atoms with van der Waals surface area (Å²) in [5, 5.41) is 2.35. The molecule has 1 aliphatic heterocycles. The van der Waals surface area contributed by atoms with Gasteiger partial charge in [0.15, 0.2) is 0 Å². The molecule has 1 fully saturated rings. The van der Waals surface area contributed by atoms with Crippen LogP contribution in [0.3, 0.4) is 0 Å². The molecule has 6 heteroatoms. The summed E-state index contributed by atoms with van der Waals surface area (Å²) in [6.45, 7) is 0. The van der Waals surface area contributed by atoms with Crippen molar-refractivity contribution in [3.8, 4) is 0 Å². The van der Waals surface area contributed by atoms with E-state index in [9.17, 15) is 17.1 Å². The van der Waals surface area contributed by atoms with Crippen molar-refractivity contribution >= 4 is 16.1 Å². The molecule has 0 aromatic heterocycles. The molecule has 0 aromatic rings. The first kappa shape index (κ1) is 8.45. The van der Waals surface area contributed by atoms with Crippen LogP contribution in [0, 0.1) is 0 Å². The Morgan fingerprint density at radius 3 is 2.64 bits per heavy atom. The number of rotatable bonds is 2. The molecule has 1 saturated heterocycles. The van der Waals surface area contributed by atoms with E-state index in [1.54, 1.807) is 0 Å². The average Bonchev–Trinajstić information content (AvgIpc) is 2.10. The third-order valence-corrected chi connectivity index (χ3v) is 2.29. The van der Waals surface area contributed by atoms with Crippen LogP contribution in [0.15, 0.2) is 0 Å². The quantitative estimate of drug-likeness (QED) is 0.587. The van der Waals surface area contributed by atoms with Gasteiger partial charge in [0.2, 0.25) is 5.91 Å². The fourth-order valence-corrected chi connectivity index (χ4v) is 1.77. The van der Waals surface area contributed by atoms with Crippen LogP contribution in [0.2, 0.25) is 0 Å². The first-order valence-corrected chi connectivity index (χ1v) is 4.74. The maximum absolute atomic E-state index is 12.0. The molecule has 1 amide bonds. The molecule has 1 atom stereocenters. The predicted molar refractivity (Wildman–Crippen MR) is 36.1 cm³/mol. The zero-order valence-electron chi connectivity index (χ0n) is 5.71. The maximum Gasteiger partial charge on any atom is 0.304 e. The highest BCUT2D eigenvalue weighted by molar-refractivity contribution is 7.86. The Hall–Kier alpha value is -0.650. The summed E-state index contributed by atoms with van der Waals surface area (Å²) in [6, 6.07) is -0.530. The van der Waals surface area contributed by atoms with Gasteiger partial charge in [-0.15, -0.1) is 3.89 Å². The van der Waals surface area contributed by atoms with Crippen molar-refractivity contribution in [1.29, 1.82) is 0 Å². The van der Waals surface area contributed by atoms with Crippen LogP contribution in [0.5, 0.6) is 0 Å². The summed E-state index contributed by atoms with van der Waals surface area (Å²) in [5.41, 5.74) is 0. The molecular formula is C5H8FNO3S. The molecule has 0 aromatic carbocycles. The Bertz CT molecular complexity index is 261. The van der Waals surface area contributed by atoms with Crippen molar-refractivity contribution in [1.82, 2.24) is 5.32 Å². The van der Waals surface area contributed by atoms with Gasteiger partial charge in [0.1, 0.15) is 5.75 Å². The first-order chi connectivity index (χ1) is 4.97. The van der Waals surface area contributed by atoms with Crippen molar-refractivity contribution in [2.75, 3.05) is 5.75 Å². The van der Waals surface area contributed by atoms with Gasteiger partial charge in [0.25, 0.3) is 0 Å². The third kappa shape index (κ3) is 2.83. The fraction of sp³-hybridized carbons (Fsp3) is 0.800. The molecule has 1 unspecified atom stereocenters. The zero-order valence-corrected chi connectivity index (χ0v) is 6.53. The molecule has 0 bridgehead atoms. The standard InChI is InChI=1S/C5H8FNO3S/c6-11(9,10)3-4-1-2-5(8)7-4/h4H,1-3H2,(H,7,8). The smallest absolute Gasteiger partial charge is 0.304 e. The SMILES string of the molecule is O=C1CCC(CS(=O)(=O)F)N1. The van der Waals surface area contributed by atoms with E-state index in [1.807, 2.05) is 0 Å². The van der Waals surface area contributed by atoms with Crippen molar-refractivity contribution in [3.63, 3.8) is 0 Å². The summed E-state index contributed by atoms with van der Waals surface area (Å²) < 4.78 is 32.1. The Morgan fingerprint density at radius 1 is 1.64 bits per heavy atom. The molecule has 1 rings (SSSR count). The van der Waals surface area contributed by atoms with Gasteiger partial charge in [-0.3, -0.25) is 4.79 Å². The molecule has 0 spiro atoms. The summed E-state index contributed by atoms with van der Waals surface area (Å²) in [6.07, 6.45) is 0.697. The molecule has 1 aliphatic rings. The van der Waals surface area contributed by atoms with Gasteiger partial charge in [0.05, 0.1) is 0 Å². The third-order valence-electron chi connectivity index (χ3n) is 1.49. The van der Waals surface area contributed by atoms with Gasteiger partial charge in [-0.1, -0.05) is 0 Å². The molecule has 1 N–H and O–H groups in total. The molecule has 0 radical (unpaired) electrons. The summed E-state index contributed by atoms with van der Waals surface area (Å²) in [4.78, 5) is 10.5. The number of hydrogen-bond acceptors (Lipinski definition) is 3. The van der Waals surface area contributed by atoms with Gasteiger partial charge >= 0.3 is 10.2 Å². The minimum absolute atomic E-state index is 0.210. The fourth-order valence-electron chi connectivity index (χ4n) is 1.04. The van der Waals surface area contributed by atoms with E-state index in [-0.39, 0.29) is 5.91 Å². The molecule has 4 nitrogen and oxygen atoms in total. The van der Waals surface area contributed by atoms with E-state index in [4.69, 9.17) is 0 Å². The Morgan fingerprint density at radius 2 is 2.27 bits per heavy atom. The zero-order chi connectivity index (χ0) is 8.48. The lowest BCUT2D eigenvalue weighted by molar-refractivity contribution is -0.119. The van der Waals surface area contributed by atoms with Gasteiger partial charge in [-0.2, -0.15) is 8.42 Å². The molecule has 1 heterocycles. The summed E-state index contributed by atoms with van der Waals surface area (Å²) in [5.74, 6) is -0.808. The van der Waals surface area contributed by atoms with Gasteiger partial charge in [-0.05, 0) is 6.42 Å². The highest BCUT2D eigenvalue weighted by Crippen LogP contribution is 2.09. The topological polar surface area (TPSA) is 63.2 Å². The molecule has 64 valence electrons. The van der Waals surface area contributed by atoms with Crippen molar-refractivity contribution in [3.05, 3.63) is 0 Å². The minimum Gasteiger partial charge on any atom is -0.352 e. The number of nitrogens with one attached hydrogen (secondary N) is 1. The Labute approximate surface area is 64.0 Å². The number of hydrogen-bond donors (Lipinski definition) is 1. The van der Waals surface area contributed by atoms with Crippen molar-refractivity contribution in [2.24, 2.45) is 0 Å². The van der Waals surface area contributed by atoms with Crippen LogP contribution in [0.25, 0.3) is 0 Å². The maximum atomic E-state index is 12.0. The molecule has 0 aliphatic carbocycles. The van der Waals surface area contributed by atoms with Crippen LogP contribution in [-0.2, 0) is 15.0 Å². The van der Waals surface area contributed by atoms with E-state index >= 15 is 0 Å². The van der Waals surface area contributed by atoms with Crippen LogP contribution >= 0.6 is 0 Å². The lowest BCUT2D eigenvalue weighted by atomic mass is 10.2. The highest BCUT2D eigenvalue weighted by atomic mass is 32.3. The van der Waals surface area contributed by atoms with Gasteiger partial charge in [-0.25, -0.2) is 0 Å². The summed E-state index contributed by atoms with van der Waals surface area (Å²) >= 11 is 0. The van der Waals surface area contributed by atoms with Crippen LogP contribution in [-0.4, -0.2) is 26.1 Å². The van der Waals surface area contributed by atoms with Crippen LogP contribution in [0.1, 0.15) is 12.8 Å². The van der Waals surface area contributed by atoms with Crippen LogP contribution < -0.4 is 5.32 Å². The summed E-state index contributed by atoms with van der Waals surface area (Å²) in [7, 11) is -4.45. The lowest BCUT2D eigenvalue weighted by Crippen LogP contribution is -2.30. The van der Waals surface area contributed by atoms with Crippen LogP contribution in [0.4, 0.5) is 3.89 Å². The number of carbonyl (C=O) groups excluding carboxylic acids is 1. The second-order valence-electron chi connectivity index (χ2n) is 2.51. The molecule has 11 heavy (non-hydrogen) atoms. The van der Waals surface area contributed by atoms with E-state index in [0.717, 1.165) is 0 Å². The number of carbonyl (C=O) groups is 1. The van der Waals surface area contributed by atoms with E-state index < -0.39 is 22.0 Å². The molecular weight excluding hydrogens is 173 g/mol. The Kier molecular flexibility index (Phi) is 2.12. The molecule has 0 saturated carbocycles. The van der Waals surface area contributed by atoms with E-state index in [0.29, 0.717) is 12.8 Å². The highest BCUT2D eigenvalue weighted by Gasteiger charge is 2.25. The van der Waals surface area contributed by atoms with E-state index in [2.05, 4.69) is 5.32 Å². The largest absolute Gasteiger partial charge is 0.352 e. The van der Waals surface area contributed by atoms with Crippen molar-refractivity contribution in [2.45, 2.75) is 18.9 Å².